The Morgan fingerprint density at radius 3 is 2.00 bits per heavy atom. The molecule has 0 aliphatic heterocycles. The summed E-state index contributed by atoms with van der Waals surface area (Å²) in [6.45, 7) is 15.7. The Balaban J connectivity index is 2.61. The fraction of sp³-hybridized carbons (Fsp3) is 0.632. The standard InChI is InChI=1S/C19H31NO/c1-14(2)15-8-10-16(11-9-15)17(21)12-20-19(6,7)13-18(3,4)5/h8-11,14,20H,12-13H2,1-7H3. The highest BCUT2D eigenvalue weighted by Crippen LogP contribution is 2.26. The van der Waals surface area contributed by atoms with E-state index in [1.54, 1.807) is 0 Å². The normalized spacial score (nSPS) is 12.8. The zero-order chi connectivity index (χ0) is 16.3. The van der Waals surface area contributed by atoms with E-state index in [4.69, 9.17) is 0 Å². The second kappa shape index (κ2) is 6.74. The topological polar surface area (TPSA) is 29.1 Å². The number of rotatable bonds is 6. The lowest BCUT2D eigenvalue weighted by Gasteiger charge is -2.33. The van der Waals surface area contributed by atoms with Crippen LogP contribution in [-0.2, 0) is 0 Å². The van der Waals surface area contributed by atoms with E-state index in [1.165, 1.54) is 5.56 Å². The minimum atomic E-state index is -0.0359. The van der Waals surface area contributed by atoms with Crippen LogP contribution in [0.4, 0.5) is 0 Å². The SMILES string of the molecule is CC(C)c1ccc(C(=O)CNC(C)(C)CC(C)(C)C)cc1. The summed E-state index contributed by atoms with van der Waals surface area (Å²) < 4.78 is 0. The third kappa shape index (κ3) is 6.43. The summed E-state index contributed by atoms with van der Waals surface area (Å²) in [7, 11) is 0. The van der Waals surface area contributed by atoms with Crippen LogP contribution in [-0.4, -0.2) is 17.9 Å². The summed E-state index contributed by atoms with van der Waals surface area (Å²) in [6.07, 6.45) is 1.03. The minimum absolute atomic E-state index is 0.0359. The fourth-order valence-electron chi connectivity index (χ4n) is 2.86. The highest BCUT2D eigenvalue weighted by atomic mass is 16.1. The number of carbonyl (C=O) groups excluding carboxylic acids is 1. The minimum Gasteiger partial charge on any atom is -0.305 e. The first-order valence-electron chi connectivity index (χ1n) is 7.88. The second-order valence-electron chi connectivity index (χ2n) is 8.17. The zero-order valence-electron chi connectivity index (χ0n) is 14.7. The van der Waals surface area contributed by atoms with Crippen molar-refractivity contribution in [1.82, 2.24) is 5.32 Å². The first-order valence-corrected chi connectivity index (χ1v) is 7.88. The monoisotopic (exact) mass is 289 g/mol. The van der Waals surface area contributed by atoms with Gasteiger partial charge in [0.1, 0.15) is 0 Å². The van der Waals surface area contributed by atoms with Crippen molar-refractivity contribution in [2.45, 2.75) is 66.3 Å². The molecule has 1 rings (SSSR count). The van der Waals surface area contributed by atoms with Crippen molar-refractivity contribution in [1.29, 1.82) is 0 Å². The van der Waals surface area contributed by atoms with Gasteiger partial charge in [0.25, 0.3) is 0 Å². The molecule has 0 aromatic heterocycles. The molecule has 0 fully saturated rings. The Hall–Kier alpha value is -1.15. The molecule has 2 nitrogen and oxygen atoms in total. The smallest absolute Gasteiger partial charge is 0.176 e. The zero-order valence-corrected chi connectivity index (χ0v) is 14.7. The Kier molecular flexibility index (Phi) is 5.75. The number of ketones is 1. The maximum atomic E-state index is 12.3. The van der Waals surface area contributed by atoms with Crippen LogP contribution in [0.3, 0.4) is 0 Å². The molecule has 0 amide bonds. The fourth-order valence-corrected chi connectivity index (χ4v) is 2.86. The van der Waals surface area contributed by atoms with Crippen LogP contribution in [0.15, 0.2) is 24.3 Å². The van der Waals surface area contributed by atoms with E-state index in [0.717, 1.165) is 12.0 Å². The first kappa shape index (κ1) is 17.9. The predicted octanol–water partition coefficient (Wildman–Crippen LogP) is 4.80. The van der Waals surface area contributed by atoms with E-state index in [1.807, 2.05) is 12.1 Å². The average Bonchev–Trinajstić information content (AvgIpc) is 2.33. The summed E-state index contributed by atoms with van der Waals surface area (Å²) >= 11 is 0. The van der Waals surface area contributed by atoms with Crippen LogP contribution < -0.4 is 5.32 Å². The first-order chi connectivity index (χ1) is 9.50. The molecule has 21 heavy (non-hydrogen) atoms. The maximum absolute atomic E-state index is 12.3. The molecule has 0 aliphatic carbocycles. The lowest BCUT2D eigenvalue weighted by Crippen LogP contribution is -2.44. The third-order valence-electron chi connectivity index (χ3n) is 3.60. The van der Waals surface area contributed by atoms with Gasteiger partial charge in [-0.05, 0) is 37.2 Å². The van der Waals surface area contributed by atoms with Crippen LogP contribution in [0.25, 0.3) is 0 Å². The van der Waals surface area contributed by atoms with Crippen molar-refractivity contribution >= 4 is 5.78 Å². The van der Waals surface area contributed by atoms with Gasteiger partial charge in [0.2, 0.25) is 0 Å². The number of hydrogen-bond acceptors (Lipinski definition) is 2. The van der Waals surface area contributed by atoms with E-state index in [0.29, 0.717) is 12.5 Å². The van der Waals surface area contributed by atoms with Crippen LogP contribution >= 0.6 is 0 Å². The van der Waals surface area contributed by atoms with E-state index in [9.17, 15) is 4.79 Å². The molecule has 0 saturated carbocycles. The van der Waals surface area contributed by atoms with Gasteiger partial charge in [-0.25, -0.2) is 0 Å². The van der Waals surface area contributed by atoms with Gasteiger partial charge < -0.3 is 5.32 Å². The van der Waals surface area contributed by atoms with E-state index >= 15 is 0 Å². The van der Waals surface area contributed by atoms with Gasteiger partial charge in [-0.3, -0.25) is 4.79 Å². The quantitative estimate of drug-likeness (QED) is 0.762. The number of benzene rings is 1. The lowest BCUT2D eigenvalue weighted by molar-refractivity contribution is 0.0973. The molecule has 1 aromatic carbocycles. The molecule has 0 radical (unpaired) electrons. The molecule has 0 heterocycles. The van der Waals surface area contributed by atoms with Crippen molar-refractivity contribution < 1.29 is 4.79 Å². The molecule has 0 saturated heterocycles. The molecule has 1 aromatic rings. The van der Waals surface area contributed by atoms with Gasteiger partial charge in [0.15, 0.2) is 5.78 Å². The highest BCUT2D eigenvalue weighted by molar-refractivity contribution is 5.97. The molecule has 0 unspecified atom stereocenters. The predicted molar refractivity (Wildman–Crippen MR) is 91.0 cm³/mol. The molecule has 1 N–H and O–H groups in total. The molecular weight excluding hydrogens is 258 g/mol. The lowest BCUT2D eigenvalue weighted by atomic mass is 9.82. The van der Waals surface area contributed by atoms with Gasteiger partial charge in [0.05, 0.1) is 6.54 Å². The molecule has 0 spiro atoms. The van der Waals surface area contributed by atoms with Gasteiger partial charge in [-0.1, -0.05) is 58.9 Å². The molecular formula is C19H31NO. The summed E-state index contributed by atoms with van der Waals surface area (Å²) in [5.74, 6) is 0.658. The largest absolute Gasteiger partial charge is 0.305 e. The van der Waals surface area contributed by atoms with Gasteiger partial charge in [0, 0.05) is 11.1 Å². The molecule has 0 aliphatic rings. The van der Waals surface area contributed by atoms with Crippen molar-refractivity contribution in [3.05, 3.63) is 35.4 Å². The van der Waals surface area contributed by atoms with Gasteiger partial charge >= 0.3 is 0 Å². The summed E-state index contributed by atoms with van der Waals surface area (Å²) in [4.78, 5) is 12.3. The molecule has 0 bridgehead atoms. The highest BCUT2D eigenvalue weighted by Gasteiger charge is 2.25. The number of carbonyl (C=O) groups is 1. The van der Waals surface area contributed by atoms with Gasteiger partial charge in [-0.2, -0.15) is 0 Å². The maximum Gasteiger partial charge on any atom is 0.176 e. The van der Waals surface area contributed by atoms with E-state index < -0.39 is 0 Å². The number of nitrogens with one attached hydrogen (secondary N) is 1. The van der Waals surface area contributed by atoms with Crippen LogP contribution in [0.1, 0.15) is 76.7 Å². The van der Waals surface area contributed by atoms with Crippen LogP contribution in [0.2, 0.25) is 0 Å². The Morgan fingerprint density at radius 2 is 1.57 bits per heavy atom. The Labute approximate surface area is 130 Å². The average molecular weight is 289 g/mol. The molecule has 0 atom stereocenters. The summed E-state index contributed by atoms with van der Waals surface area (Å²) in [6, 6.07) is 7.99. The second-order valence-corrected chi connectivity index (χ2v) is 8.17. The number of hydrogen-bond donors (Lipinski definition) is 1. The van der Waals surface area contributed by atoms with Crippen molar-refractivity contribution in [2.24, 2.45) is 5.41 Å². The van der Waals surface area contributed by atoms with Crippen LogP contribution in [0, 0.1) is 5.41 Å². The third-order valence-corrected chi connectivity index (χ3v) is 3.60. The van der Waals surface area contributed by atoms with Gasteiger partial charge in [-0.15, -0.1) is 0 Å². The van der Waals surface area contributed by atoms with E-state index in [-0.39, 0.29) is 16.7 Å². The Morgan fingerprint density at radius 1 is 1.05 bits per heavy atom. The molecule has 118 valence electrons. The van der Waals surface area contributed by atoms with Crippen molar-refractivity contribution in [3.63, 3.8) is 0 Å². The summed E-state index contributed by atoms with van der Waals surface area (Å²) in [5.41, 5.74) is 2.27. The number of Topliss-reactive ketones (excluding diaryl/α,β-unsaturated/α-hetero) is 1. The Bertz CT molecular complexity index is 463. The molecule has 2 heteroatoms. The van der Waals surface area contributed by atoms with Crippen molar-refractivity contribution in [2.75, 3.05) is 6.54 Å². The van der Waals surface area contributed by atoms with Crippen molar-refractivity contribution in [3.8, 4) is 0 Å². The summed E-state index contributed by atoms with van der Waals surface area (Å²) in [5, 5.41) is 3.40. The van der Waals surface area contributed by atoms with Crippen LogP contribution in [0.5, 0.6) is 0 Å². The van der Waals surface area contributed by atoms with E-state index in [2.05, 4.69) is 65.9 Å².